The van der Waals surface area contributed by atoms with Crippen LogP contribution in [-0.4, -0.2) is 17.1 Å². The molecule has 0 aliphatic rings. The van der Waals surface area contributed by atoms with E-state index in [4.69, 9.17) is 0 Å². The molecule has 1 aromatic carbocycles. The van der Waals surface area contributed by atoms with Crippen molar-refractivity contribution in [3.63, 3.8) is 0 Å². The molecule has 6 heteroatoms. The van der Waals surface area contributed by atoms with Crippen molar-refractivity contribution >= 4 is 5.78 Å². The average Bonchev–Trinajstić information content (AvgIpc) is 2.40. The van der Waals surface area contributed by atoms with E-state index in [2.05, 4.69) is 9.72 Å². The minimum atomic E-state index is -4.72. The van der Waals surface area contributed by atoms with Gasteiger partial charge in [0.05, 0.1) is 0 Å². The van der Waals surface area contributed by atoms with Crippen molar-refractivity contribution in [1.82, 2.24) is 4.98 Å². The van der Waals surface area contributed by atoms with Gasteiger partial charge in [0.1, 0.15) is 5.75 Å². The van der Waals surface area contributed by atoms with Gasteiger partial charge < -0.3 is 4.74 Å². The molecule has 0 N–H and O–H groups in total. The highest BCUT2D eigenvalue weighted by atomic mass is 19.4. The molecule has 0 spiro atoms. The molecule has 0 saturated heterocycles. The van der Waals surface area contributed by atoms with Gasteiger partial charge in [-0.15, -0.1) is 13.2 Å². The first-order chi connectivity index (χ1) is 9.85. The standard InChI is InChI=1S/C15H12F3NO2/c1-10-9-19-7-6-13(10)14(20)8-11-2-4-12(5-3-11)21-15(16,17)18/h2-7,9H,8H2,1H3. The molecule has 2 aromatic rings. The SMILES string of the molecule is Cc1cnccc1C(=O)Cc1ccc(OC(F)(F)F)cc1. The number of halogens is 3. The number of nitrogens with zero attached hydrogens (tertiary/aromatic N) is 1. The fourth-order valence-electron chi connectivity index (χ4n) is 1.88. The van der Waals surface area contributed by atoms with E-state index in [1.165, 1.54) is 30.5 Å². The molecule has 1 heterocycles. The van der Waals surface area contributed by atoms with E-state index in [0.29, 0.717) is 11.1 Å². The van der Waals surface area contributed by atoms with Crippen LogP contribution in [0.3, 0.4) is 0 Å². The van der Waals surface area contributed by atoms with Crippen molar-refractivity contribution < 1.29 is 22.7 Å². The van der Waals surface area contributed by atoms with Gasteiger partial charge in [0.2, 0.25) is 0 Å². The summed E-state index contributed by atoms with van der Waals surface area (Å²) in [4.78, 5) is 16.0. The lowest BCUT2D eigenvalue weighted by Crippen LogP contribution is -2.17. The van der Waals surface area contributed by atoms with E-state index >= 15 is 0 Å². The number of ether oxygens (including phenoxy) is 1. The van der Waals surface area contributed by atoms with Crippen molar-refractivity contribution in [3.8, 4) is 5.75 Å². The van der Waals surface area contributed by atoms with E-state index in [-0.39, 0.29) is 18.0 Å². The van der Waals surface area contributed by atoms with Crippen LogP contribution in [0, 0.1) is 6.92 Å². The number of carbonyl (C=O) groups excluding carboxylic acids is 1. The normalized spacial score (nSPS) is 11.2. The third-order valence-corrected chi connectivity index (χ3v) is 2.84. The van der Waals surface area contributed by atoms with Crippen LogP contribution < -0.4 is 4.74 Å². The number of rotatable bonds is 4. The topological polar surface area (TPSA) is 39.2 Å². The lowest BCUT2D eigenvalue weighted by Gasteiger charge is -2.09. The van der Waals surface area contributed by atoms with Crippen molar-refractivity contribution in [1.29, 1.82) is 0 Å². The molecule has 1 aromatic heterocycles. The minimum absolute atomic E-state index is 0.108. The summed E-state index contributed by atoms with van der Waals surface area (Å²) in [5.41, 5.74) is 1.94. The second-order valence-electron chi connectivity index (χ2n) is 4.48. The first-order valence-electron chi connectivity index (χ1n) is 6.13. The summed E-state index contributed by atoms with van der Waals surface area (Å²) in [5.74, 6) is -0.418. The van der Waals surface area contributed by atoms with Crippen LogP contribution in [0.15, 0.2) is 42.7 Å². The van der Waals surface area contributed by atoms with E-state index < -0.39 is 6.36 Å². The monoisotopic (exact) mass is 295 g/mol. The Morgan fingerprint density at radius 1 is 1.19 bits per heavy atom. The molecule has 2 rings (SSSR count). The molecule has 0 aliphatic heterocycles. The van der Waals surface area contributed by atoms with Crippen molar-refractivity contribution in [2.45, 2.75) is 19.7 Å². The zero-order chi connectivity index (χ0) is 15.5. The predicted octanol–water partition coefficient (Wildman–Crippen LogP) is 3.71. The fourth-order valence-corrected chi connectivity index (χ4v) is 1.88. The summed E-state index contributed by atoms with van der Waals surface area (Å²) in [6.07, 6.45) is -1.49. The number of aromatic nitrogens is 1. The maximum Gasteiger partial charge on any atom is 0.573 e. The molecular formula is C15H12F3NO2. The first-order valence-corrected chi connectivity index (χ1v) is 6.13. The van der Waals surface area contributed by atoms with E-state index in [9.17, 15) is 18.0 Å². The van der Waals surface area contributed by atoms with Crippen LogP contribution in [0.25, 0.3) is 0 Å². The van der Waals surface area contributed by atoms with E-state index in [1.54, 1.807) is 19.2 Å². The molecule has 110 valence electrons. The Morgan fingerprint density at radius 3 is 2.43 bits per heavy atom. The predicted molar refractivity (Wildman–Crippen MR) is 70.1 cm³/mol. The first kappa shape index (κ1) is 15.0. The molecular weight excluding hydrogens is 283 g/mol. The van der Waals surface area contributed by atoms with Crippen LogP contribution in [0.1, 0.15) is 21.5 Å². The summed E-state index contributed by atoms with van der Waals surface area (Å²) >= 11 is 0. The lowest BCUT2D eigenvalue weighted by atomic mass is 10.0. The smallest absolute Gasteiger partial charge is 0.406 e. The van der Waals surface area contributed by atoms with Crippen LogP contribution in [0.5, 0.6) is 5.75 Å². The van der Waals surface area contributed by atoms with Gasteiger partial charge in [0.15, 0.2) is 5.78 Å². The maximum absolute atomic E-state index is 12.1. The Hall–Kier alpha value is -2.37. The number of carbonyl (C=O) groups is 1. The van der Waals surface area contributed by atoms with Gasteiger partial charge >= 0.3 is 6.36 Å². The molecule has 0 fully saturated rings. The fraction of sp³-hybridized carbons (Fsp3) is 0.200. The van der Waals surface area contributed by atoms with Gasteiger partial charge in [-0.05, 0) is 36.2 Å². The molecule has 0 saturated carbocycles. The quantitative estimate of drug-likeness (QED) is 0.807. The highest BCUT2D eigenvalue weighted by Gasteiger charge is 2.30. The Bertz CT molecular complexity index is 636. The zero-order valence-corrected chi connectivity index (χ0v) is 11.1. The number of hydrogen-bond donors (Lipinski definition) is 0. The molecule has 0 unspecified atom stereocenters. The van der Waals surface area contributed by atoms with Gasteiger partial charge in [0, 0.05) is 24.4 Å². The molecule has 0 bridgehead atoms. The Morgan fingerprint density at radius 2 is 1.86 bits per heavy atom. The van der Waals surface area contributed by atoms with Crippen molar-refractivity contribution in [3.05, 3.63) is 59.4 Å². The molecule has 21 heavy (non-hydrogen) atoms. The van der Waals surface area contributed by atoms with Crippen LogP contribution in [0.2, 0.25) is 0 Å². The average molecular weight is 295 g/mol. The van der Waals surface area contributed by atoms with E-state index in [1.807, 2.05) is 0 Å². The highest BCUT2D eigenvalue weighted by molar-refractivity contribution is 5.98. The molecule has 0 amide bonds. The Balaban J connectivity index is 2.07. The number of alkyl halides is 3. The molecule has 0 radical (unpaired) electrons. The molecule has 3 nitrogen and oxygen atoms in total. The van der Waals surface area contributed by atoms with Crippen molar-refractivity contribution in [2.24, 2.45) is 0 Å². The largest absolute Gasteiger partial charge is 0.573 e. The van der Waals surface area contributed by atoms with Crippen LogP contribution >= 0.6 is 0 Å². The molecule has 0 atom stereocenters. The summed E-state index contributed by atoms with van der Waals surface area (Å²) < 4.78 is 39.9. The van der Waals surface area contributed by atoms with Gasteiger partial charge in [-0.25, -0.2) is 0 Å². The van der Waals surface area contributed by atoms with Crippen LogP contribution in [-0.2, 0) is 6.42 Å². The Kier molecular flexibility index (Phi) is 4.26. The minimum Gasteiger partial charge on any atom is -0.406 e. The Labute approximate surface area is 119 Å². The lowest BCUT2D eigenvalue weighted by molar-refractivity contribution is -0.274. The van der Waals surface area contributed by atoms with E-state index in [0.717, 1.165) is 5.56 Å². The highest BCUT2D eigenvalue weighted by Crippen LogP contribution is 2.23. The summed E-state index contributed by atoms with van der Waals surface area (Å²) in [6, 6.07) is 6.88. The van der Waals surface area contributed by atoms with Gasteiger partial charge in [-0.3, -0.25) is 9.78 Å². The molecule has 0 aliphatic carbocycles. The number of hydrogen-bond acceptors (Lipinski definition) is 3. The second-order valence-corrected chi connectivity index (χ2v) is 4.48. The van der Waals surface area contributed by atoms with Crippen LogP contribution in [0.4, 0.5) is 13.2 Å². The maximum atomic E-state index is 12.1. The number of Topliss-reactive ketones (excluding diaryl/α,β-unsaturated/α-hetero) is 1. The third kappa shape index (κ3) is 4.30. The van der Waals surface area contributed by atoms with Gasteiger partial charge in [-0.1, -0.05) is 12.1 Å². The second kappa shape index (κ2) is 5.95. The van der Waals surface area contributed by atoms with Gasteiger partial charge in [0.25, 0.3) is 0 Å². The number of benzene rings is 1. The zero-order valence-electron chi connectivity index (χ0n) is 11.1. The summed E-state index contributed by atoms with van der Waals surface area (Å²) in [5, 5.41) is 0. The summed E-state index contributed by atoms with van der Waals surface area (Å²) in [6.45, 7) is 1.78. The van der Waals surface area contributed by atoms with Crippen molar-refractivity contribution in [2.75, 3.05) is 0 Å². The third-order valence-electron chi connectivity index (χ3n) is 2.84. The number of aryl methyl sites for hydroxylation is 1. The number of pyridine rings is 1. The number of ketones is 1. The van der Waals surface area contributed by atoms with Gasteiger partial charge in [-0.2, -0.15) is 0 Å². The summed E-state index contributed by atoms with van der Waals surface area (Å²) in [7, 11) is 0.